The number of allylic oxidation sites excluding steroid dienone is 1. The van der Waals surface area contributed by atoms with Gasteiger partial charge in [0.1, 0.15) is 28.8 Å². The Kier molecular flexibility index (Phi) is 9.29. The summed E-state index contributed by atoms with van der Waals surface area (Å²) in [7, 11) is -1.08. The number of hydrogen-bond donors (Lipinski definition) is 1. The van der Waals surface area contributed by atoms with Crippen LogP contribution in [0, 0.1) is 0 Å². The van der Waals surface area contributed by atoms with Crippen LogP contribution in [0.2, 0.25) is 0 Å². The van der Waals surface area contributed by atoms with Crippen molar-refractivity contribution < 1.29 is 22.3 Å². The molecule has 2 aromatic heterocycles. The van der Waals surface area contributed by atoms with Crippen LogP contribution in [0.5, 0.6) is 11.5 Å². The molecule has 38 heavy (non-hydrogen) atoms. The van der Waals surface area contributed by atoms with Gasteiger partial charge >= 0.3 is 0 Å². The molecular weight excluding hydrogens is 513 g/mol. The third kappa shape index (κ3) is 6.40. The van der Waals surface area contributed by atoms with Gasteiger partial charge < -0.3 is 9.47 Å². The number of methoxy groups -OCH3 is 2. The predicted molar refractivity (Wildman–Crippen MR) is 146 cm³/mol. The van der Waals surface area contributed by atoms with Crippen LogP contribution in [-0.2, 0) is 16.4 Å². The number of nitrogens with zero attached hydrogens (tertiary/aromatic N) is 6. The number of hydrogen-bond acceptors (Lipinski definition) is 8. The van der Waals surface area contributed by atoms with Crippen molar-refractivity contribution in [1.82, 2.24) is 19.7 Å². The Morgan fingerprint density at radius 2 is 1.92 bits per heavy atom. The average Bonchev–Trinajstić information content (AvgIpc) is 3.32. The molecule has 1 atom stereocenters. The fourth-order valence-electron chi connectivity index (χ4n) is 3.52. The molecule has 202 valence electrons. The van der Waals surface area contributed by atoms with Gasteiger partial charge in [-0.25, -0.2) is 22.8 Å². The molecule has 0 fully saturated rings. The highest BCUT2D eigenvalue weighted by Gasteiger charge is 2.28. The Hall–Kier alpha value is -4.13. The van der Waals surface area contributed by atoms with E-state index in [4.69, 9.17) is 9.47 Å². The Morgan fingerprint density at radius 3 is 2.50 bits per heavy atom. The zero-order valence-corrected chi connectivity index (χ0v) is 22.7. The number of benzene rings is 1. The maximum absolute atomic E-state index is 13.4. The highest BCUT2D eigenvalue weighted by atomic mass is 32.2. The van der Waals surface area contributed by atoms with E-state index in [1.807, 2.05) is 13.0 Å². The maximum Gasteiger partial charge on any atom is 0.243 e. The molecule has 3 rings (SSSR count). The molecule has 2 heterocycles. The highest BCUT2D eigenvalue weighted by molar-refractivity contribution is 7.93. The van der Waals surface area contributed by atoms with Gasteiger partial charge in [-0.15, -0.1) is 10.2 Å². The van der Waals surface area contributed by atoms with Crippen LogP contribution in [0.25, 0.3) is 17.1 Å². The van der Waals surface area contributed by atoms with Crippen LogP contribution in [-0.4, -0.2) is 60.2 Å². The van der Waals surface area contributed by atoms with Gasteiger partial charge in [-0.05, 0) is 50.7 Å². The minimum Gasteiger partial charge on any atom is -0.494 e. The third-order valence-corrected chi connectivity index (χ3v) is 7.25. The summed E-state index contributed by atoms with van der Waals surface area (Å²) in [6.07, 6.45) is 4.92. The van der Waals surface area contributed by atoms with Crippen molar-refractivity contribution in [2.75, 3.05) is 18.9 Å². The first kappa shape index (κ1) is 28.4. The zero-order valence-electron chi connectivity index (χ0n) is 21.8. The Morgan fingerprint density at radius 1 is 1.24 bits per heavy atom. The van der Waals surface area contributed by atoms with E-state index < -0.39 is 21.1 Å². The summed E-state index contributed by atoms with van der Waals surface area (Å²) in [6, 6.07) is 7.06. The first-order valence-electron chi connectivity index (χ1n) is 11.6. The number of para-hydroxylation sites is 1. The van der Waals surface area contributed by atoms with Crippen molar-refractivity contribution in [2.45, 2.75) is 38.9 Å². The second kappa shape index (κ2) is 12.4. The van der Waals surface area contributed by atoms with Gasteiger partial charge in [0.05, 0.1) is 25.7 Å². The molecule has 3 aromatic rings. The summed E-state index contributed by atoms with van der Waals surface area (Å²) in [5.41, 5.74) is 1.96. The molecule has 0 unspecified atom stereocenters. The minimum absolute atomic E-state index is 0.0656. The first-order chi connectivity index (χ1) is 18.1. The van der Waals surface area contributed by atoms with Gasteiger partial charge in [0, 0.05) is 24.4 Å². The lowest BCUT2D eigenvalue weighted by Crippen LogP contribution is -2.28. The van der Waals surface area contributed by atoms with Crippen LogP contribution >= 0.6 is 0 Å². The van der Waals surface area contributed by atoms with E-state index in [1.165, 1.54) is 32.6 Å². The smallest absolute Gasteiger partial charge is 0.243 e. The summed E-state index contributed by atoms with van der Waals surface area (Å²) < 4.78 is 55.0. The van der Waals surface area contributed by atoms with Crippen molar-refractivity contribution in [1.29, 1.82) is 0 Å². The van der Waals surface area contributed by atoms with Crippen molar-refractivity contribution in [3.05, 3.63) is 54.2 Å². The molecule has 0 aliphatic carbocycles. The van der Waals surface area contributed by atoms with Crippen LogP contribution < -0.4 is 14.2 Å². The van der Waals surface area contributed by atoms with Gasteiger partial charge in [0.2, 0.25) is 16.0 Å². The topological polar surface area (TPSA) is 133 Å². The normalized spacial score (nSPS) is 13.2. The number of sulfonamides is 1. The van der Waals surface area contributed by atoms with Gasteiger partial charge in [0.25, 0.3) is 0 Å². The monoisotopic (exact) mass is 543 g/mol. The Labute approximate surface area is 221 Å². The number of pyridine rings is 1. The molecule has 0 amide bonds. The van der Waals surface area contributed by atoms with Crippen molar-refractivity contribution in [3.8, 4) is 28.6 Å². The van der Waals surface area contributed by atoms with Crippen LogP contribution in [0.3, 0.4) is 0 Å². The predicted octanol–water partition coefficient (Wildman–Crippen LogP) is 4.36. The van der Waals surface area contributed by atoms with Gasteiger partial charge in [-0.3, -0.25) is 14.3 Å². The highest BCUT2D eigenvalue weighted by Crippen LogP contribution is 2.37. The quantitative estimate of drug-likeness (QED) is 0.281. The maximum atomic E-state index is 13.4. The molecular formula is C25H30FN7O4S. The molecule has 0 radical (unpaired) electrons. The van der Waals surface area contributed by atoms with E-state index >= 15 is 0 Å². The largest absolute Gasteiger partial charge is 0.494 e. The number of aliphatic imine (C=N–C) groups is 2. The van der Waals surface area contributed by atoms with E-state index in [2.05, 4.69) is 36.6 Å². The third-order valence-electron chi connectivity index (χ3n) is 5.56. The van der Waals surface area contributed by atoms with E-state index in [0.29, 0.717) is 28.6 Å². The number of amidine groups is 1. The summed E-state index contributed by atoms with van der Waals surface area (Å²) in [5, 5.41) is 7.42. The van der Waals surface area contributed by atoms with E-state index in [9.17, 15) is 12.8 Å². The number of ether oxygens (including phenoxy) is 2. The molecule has 0 spiro atoms. The van der Waals surface area contributed by atoms with Crippen molar-refractivity contribution in [2.24, 2.45) is 9.98 Å². The lowest BCUT2D eigenvalue weighted by Gasteiger charge is -2.19. The van der Waals surface area contributed by atoms with Gasteiger partial charge in [-0.2, -0.15) is 0 Å². The number of rotatable bonds is 11. The average molecular weight is 544 g/mol. The standard InChI is InChI=1S/C25H30FN7O4S/c1-7-18-12-19(15-28-14-18)24-30-31-25(33(24)23-20(36-5)9-8-10-21(23)37-6)32-38(34,35)17(3)11-22(27-4)29-13-16(2)26/h8-10,12-15,17H,4,7,11H2,1-3,5-6H3,(H,31,32)/b16-13+,29-22-/t17-/m1/s1. The van der Waals surface area contributed by atoms with Crippen molar-refractivity contribution in [3.63, 3.8) is 0 Å². The molecule has 0 aliphatic rings. The van der Waals surface area contributed by atoms with Gasteiger partial charge in [-0.1, -0.05) is 13.0 Å². The van der Waals surface area contributed by atoms with Crippen LogP contribution in [0.15, 0.2) is 58.7 Å². The number of aryl methyl sites for hydroxylation is 1. The summed E-state index contributed by atoms with van der Waals surface area (Å²) in [5.74, 6) is 0.540. The SMILES string of the molecule is C=N/C(C[C@@H](C)S(=O)(=O)Nc1nnc(-c2cncc(CC)c2)n1-c1c(OC)cccc1OC)=N\C=C(/C)F. The molecule has 13 heteroatoms. The second-order valence-corrected chi connectivity index (χ2v) is 10.3. The molecule has 0 saturated carbocycles. The molecule has 1 N–H and O–H groups in total. The number of halogens is 1. The van der Waals surface area contributed by atoms with Crippen molar-refractivity contribution >= 4 is 28.5 Å². The molecule has 1 aromatic carbocycles. The zero-order chi connectivity index (χ0) is 27.9. The second-order valence-electron chi connectivity index (χ2n) is 8.21. The minimum atomic E-state index is -4.06. The Balaban J connectivity index is 2.15. The van der Waals surface area contributed by atoms with E-state index in [-0.39, 0.29) is 18.2 Å². The number of anilines is 1. The summed E-state index contributed by atoms with van der Waals surface area (Å²) >= 11 is 0. The number of aromatic nitrogens is 4. The lowest BCUT2D eigenvalue weighted by molar-refractivity contribution is 0.391. The number of nitrogens with one attached hydrogen (secondary N) is 1. The summed E-state index contributed by atoms with van der Waals surface area (Å²) in [4.78, 5) is 11.9. The van der Waals surface area contributed by atoms with Crippen LogP contribution in [0.1, 0.15) is 32.8 Å². The Bertz CT molecular complexity index is 1440. The lowest BCUT2D eigenvalue weighted by atomic mass is 10.1. The first-order valence-corrected chi connectivity index (χ1v) is 13.2. The summed E-state index contributed by atoms with van der Waals surface area (Å²) in [6.45, 7) is 8.07. The molecule has 0 saturated heterocycles. The van der Waals surface area contributed by atoms with E-state index in [1.54, 1.807) is 30.6 Å². The fourth-order valence-corrected chi connectivity index (χ4v) is 4.48. The van der Waals surface area contributed by atoms with Gasteiger partial charge in [0.15, 0.2) is 5.82 Å². The van der Waals surface area contributed by atoms with Crippen LogP contribution in [0.4, 0.5) is 10.3 Å². The fraction of sp³-hybridized carbons (Fsp3) is 0.320. The molecule has 0 aliphatic heterocycles. The molecule has 0 bridgehead atoms. The molecule has 11 nitrogen and oxygen atoms in total. The van der Waals surface area contributed by atoms with E-state index in [0.717, 1.165) is 18.2 Å².